The second-order valence-corrected chi connectivity index (χ2v) is 9.89. The fourth-order valence-corrected chi connectivity index (χ4v) is 4.98. The molecule has 2 fully saturated rings. The summed E-state index contributed by atoms with van der Waals surface area (Å²) in [5.74, 6) is 1.42. The molecule has 0 unspecified atom stereocenters. The Kier molecular flexibility index (Phi) is 7.34. The van der Waals surface area contributed by atoms with Crippen LogP contribution in [0.25, 0.3) is 0 Å². The monoisotopic (exact) mass is 379 g/mol. The van der Waals surface area contributed by atoms with Gasteiger partial charge in [0.15, 0.2) is 0 Å². The molecule has 0 bridgehead atoms. The van der Waals surface area contributed by atoms with Crippen molar-refractivity contribution >= 4 is 11.8 Å². The molecule has 0 radical (unpaired) electrons. The quantitative estimate of drug-likeness (QED) is 0.715. The summed E-state index contributed by atoms with van der Waals surface area (Å²) in [7, 11) is 0. The molecule has 1 heterocycles. The minimum Gasteiger partial charge on any atom is -0.356 e. The molecule has 2 aliphatic rings. The molecule has 27 heavy (non-hydrogen) atoms. The normalized spacial score (nSPS) is 29.1. The maximum atomic E-state index is 13.1. The smallest absolute Gasteiger partial charge is 0.226 e. The van der Waals surface area contributed by atoms with Gasteiger partial charge in [0.05, 0.1) is 5.41 Å². The van der Waals surface area contributed by atoms with Gasteiger partial charge in [-0.2, -0.15) is 0 Å². The Morgan fingerprint density at radius 1 is 1.07 bits per heavy atom. The molecule has 1 saturated carbocycles. The third kappa shape index (κ3) is 4.85. The molecule has 1 aliphatic heterocycles. The van der Waals surface area contributed by atoms with Crippen molar-refractivity contribution in [2.24, 2.45) is 28.6 Å². The van der Waals surface area contributed by atoms with E-state index >= 15 is 0 Å². The molecule has 1 saturated heterocycles. The minimum atomic E-state index is -0.485. The van der Waals surface area contributed by atoms with Crippen molar-refractivity contribution in [3.05, 3.63) is 0 Å². The Bertz CT molecular complexity index is 524. The van der Waals surface area contributed by atoms with Gasteiger partial charge in [0.1, 0.15) is 0 Å². The van der Waals surface area contributed by atoms with Crippen molar-refractivity contribution in [2.75, 3.05) is 32.7 Å². The topological polar surface area (TPSA) is 61.4 Å². The standard InChI is InChI=1S/C22H41N3O2/c1-7-23-19(26)18-8-11-22(6,21(18,4)5)20(27)24-14-17-9-12-25(13-10-17)15-16(2)3/h16-18H,7-15H2,1-6H3,(H,23,26)(H,24,27)/t18-,22+/m1/s1. The predicted molar refractivity (Wildman–Crippen MR) is 110 cm³/mol. The Morgan fingerprint density at radius 3 is 2.26 bits per heavy atom. The van der Waals surface area contributed by atoms with Crippen LogP contribution in [0.3, 0.4) is 0 Å². The zero-order chi connectivity index (χ0) is 20.2. The molecule has 0 spiro atoms. The van der Waals surface area contributed by atoms with Gasteiger partial charge in [0, 0.05) is 25.6 Å². The summed E-state index contributed by atoms with van der Waals surface area (Å²) in [5.41, 5.74) is -0.821. The number of carbonyl (C=O) groups excluding carboxylic acids is 2. The van der Waals surface area contributed by atoms with Crippen LogP contribution in [-0.2, 0) is 9.59 Å². The fraction of sp³-hybridized carbons (Fsp3) is 0.909. The van der Waals surface area contributed by atoms with E-state index in [4.69, 9.17) is 0 Å². The Labute approximate surface area is 166 Å². The maximum Gasteiger partial charge on any atom is 0.226 e. The lowest BCUT2D eigenvalue weighted by atomic mass is 9.65. The molecular weight excluding hydrogens is 338 g/mol. The largest absolute Gasteiger partial charge is 0.356 e. The van der Waals surface area contributed by atoms with Crippen molar-refractivity contribution in [1.29, 1.82) is 0 Å². The molecule has 2 atom stereocenters. The number of nitrogens with zero attached hydrogens (tertiary/aromatic N) is 1. The van der Waals surface area contributed by atoms with E-state index in [1.807, 2.05) is 13.8 Å². The van der Waals surface area contributed by atoms with E-state index in [1.54, 1.807) is 0 Å². The third-order valence-corrected chi connectivity index (χ3v) is 7.28. The van der Waals surface area contributed by atoms with E-state index in [1.165, 1.54) is 6.54 Å². The lowest BCUT2D eigenvalue weighted by molar-refractivity contribution is -0.139. The first-order valence-electron chi connectivity index (χ1n) is 10.9. The zero-order valence-electron chi connectivity index (χ0n) is 18.4. The van der Waals surface area contributed by atoms with Crippen LogP contribution < -0.4 is 10.6 Å². The van der Waals surface area contributed by atoms with Gasteiger partial charge in [-0.05, 0) is 62.9 Å². The Balaban J connectivity index is 1.88. The molecule has 2 N–H and O–H groups in total. The highest BCUT2D eigenvalue weighted by atomic mass is 16.2. The number of hydrogen-bond acceptors (Lipinski definition) is 3. The van der Waals surface area contributed by atoms with Gasteiger partial charge in [-0.25, -0.2) is 0 Å². The lowest BCUT2D eigenvalue weighted by Gasteiger charge is -2.40. The second kappa shape index (κ2) is 8.93. The molecule has 2 amide bonds. The number of amides is 2. The number of likely N-dealkylation sites (tertiary alicyclic amines) is 1. The predicted octanol–water partition coefficient (Wildman–Crippen LogP) is 3.05. The van der Waals surface area contributed by atoms with Crippen LogP contribution >= 0.6 is 0 Å². The van der Waals surface area contributed by atoms with Crippen molar-refractivity contribution in [2.45, 2.75) is 67.2 Å². The summed E-state index contributed by atoms with van der Waals surface area (Å²) < 4.78 is 0. The summed E-state index contributed by atoms with van der Waals surface area (Å²) in [4.78, 5) is 28.1. The third-order valence-electron chi connectivity index (χ3n) is 7.28. The van der Waals surface area contributed by atoms with E-state index < -0.39 is 5.41 Å². The van der Waals surface area contributed by atoms with Crippen molar-refractivity contribution in [3.63, 3.8) is 0 Å². The van der Waals surface area contributed by atoms with E-state index in [0.29, 0.717) is 18.4 Å². The highest BCUT2D eigenvalue weighted by Crippen LogP contribution is 2.56. The summed E-state index contributed by atoms with van der Waals surface area (Å²) in [6.45, 7) is 17.6. The van der Waals surface area contributed by atoms with Gasteiger partial charge >= 0.3 is 0 Å². The van der Waals surface area contributed by atoms with Crippen LogP contribution in [0, 0.1) is 28.6 Å². The highest BCUT2D eigenvalue weighted by molar-refractivity contribution is 5.87. The molecular formula is C22H41N3O2. The maximum absolute atomic E-state index is 13.1. The van der Waals surface area contributed by atoms with Crippen LogP contribution in [0.1, 0.15) is 67.2 Å². The molecule has 2 rings (SSSR count). The van der Waals surface area contributed by atoms with Crippen LogP contribution in [0.5, 0.6) is 0 Å². The zero-order valence-corrected chi connectivity index (χ0v) is 18.4. The number of hydrogen-bond donors (Lipinski definition) is 2. The number of piperidine rings is 1. The van der Waals surface area contributed by atoms with E-state index in [-0.39, 0.29) is 23.1 Å². The molecule has 5 heteroatoms. The lowest BCUT2D eigenvalue weighted by Crippen LogP contribution is -2.50. The SMILES string of the molecule is CCNC(=O)[C@H]1CC[C@@](C)(C(=O)NCC2CCN(CC(C)C)CC2)C1(C)C. The van der Waals surface area contributed by atoms with E-state index in [9.17, 15) is 9.59 Å². The Morgan fingerprint density at radius 2 is 1.70 bits per heavy atom. The summed E-state index contributed by atoms with van der Waals surface area (Å²) in [6, 6.07) is 0. The van der Waals surface area contributed by atoms with Crippen LogP contribution in [0.4, 0.5) is 0 Å². The van der Waals surface area contributed by atoms with E-state index in [0.717, 1.165) is 45.3 Å². The summed E-state index contributed by atoms with van der Waals surface area (Å²) in [5, 5.41) is 6.19. The average molecular weight is 380 g/mol. The first-order chi connectivity index (χ1) is 12.6. The van der Waals surface area contributed by atoms with Gasteiger partial charge in [-0.15, -0.1) is 0 Å². The molecule has 0 aromatic carbocycles. The molecule has 0 aromatic heterocycles. The first-order valence-corrected chi connectivity index (χ1v) is 10.9. The van der Waals surface area contributed by atoms with Crippen LogP contribution in [0.15, 0.2) is 0 Å². The average Bonchev–Trinajstić information content (AvgIpc) is 2.84. The number of carbonyl (C=O) groups is 2. The van der Waals surface area contributed by atoms with E-state index in [2.05, 4.69) is 43.2 Å². The molecule has 0 aromatic rings. The van der Waals surface area contributed by atoms with Crippen molar-refractivity contribution in [3.8, 4) is 0 Å². The summed E-state index contributed by atoms with van der Waals surface area (Å²) in [6.07, 6.45) is 3.89. The summed E-state index contributed by atoms with van der Waals surface area (Å²) >= 11 is 0. The number of rotatable bonds is 7. The molecule has 1 aliphatic carbocycles. The molecule has 156 valence electrons. The first kappa shape index (κ1) is 22.2. The number of nitrogens with one attached hydrogen (secondary N) is 2. The van der Waals surface area contributed by atoms with Gasteiger partial charge in [0.25, 0.3) is 0 Å². The Hall–Kier alpha value is -1.10. The van der Waals surface area contributed by atoms with Gasteiger partial charge in [-0.1, -0.05) is 34.6 Å². The van der Waals surface area contributed by atoms with Crippen molar-refractivity contribution < 1.29 is 9.59 Å². The highest BCUT2D eigenvalue weighted by Gasteiger charge is 2.57. The minimum absolute atomic E-state index is 0.0903. The van der Waals surface area contributed by atoms with Crippen molar-refractivity contribution in [1.82, 2.24) is 15.5 Å². The van der Waals surface area contributed by atoms with Crippen LogP contribution in [0.2, 0.25) is 0 Å². The van der Waals surface area contributed by atoms with Gasteiger partial charge in [-0.3, -0.25) is 9.59 Å². The van der Waals surface area contributed by atoms with Gasteiger partial charge < -0.3 is 15.5 Å². The fourth-order valence-electron chi connectivity index (χ4n) is 4.98. The van der Waals surface area contributed by atoms with Crippen LogP contribution in [-0.4, -0.2) is 49.4 Å². The molecule has 5 nitrogen and oxygen atoms in total. The van der Waals surface area contributed by atoms with Gasteiger partial charge in [0.2, 0.25) is 11.8 Å². The second-order valence-electron chi connectivity index (χ2n) is 9.89.